The topological polar surface area (TPSA) is 67.4 Å². The first-order valence-electron chi connectivity index (χ1n) is 6.09. The van der Waals surface area contributed by atoms with Crippen molar-refractivity contribution >= 4 is 10.0 Å². The lowest BCUT2D eigenvalue weighted by Gasteiger charge is -2.10. The van der Waals surface area contributed by atoms with E-state index in [1.807, 2.05) is 0 Å². The van der Waals surface area contributed by atoms with Crippen molar-refractivity contribution in [1.82, 2.24) is 10.0 Å². The highest BCUT2D eigenvalue weighted by Gasteiger charge is 2.54. The lowest BCUT2D eigenvalue weighted by Crippen LogP contribution is -2.32. The summed E-state index contributed by atoms with van der Waals surface area (Å²) < 4.78 is 45.2. The number of fused-ring (bicyclic) bond motifs is 1. The second-order valence-corrected chi connectivity index (χ2v) is 6.64. The van der Waals surface area contributed by atoms with Crippen molar-refractivity contribution in [3.8, 4) is 5.75 Å². The van der Waals surface area contributed by atoms with Crippen LogP contribution >= 0.6 is 0 Å². The van der Waals surface area contributed by atoms with Crippen LogP contribution in [0.3, 0.4) is 0 Å². The Hall–Kier alpha value is -1.18. The molecule has 1 aliphatic heterocycles. The highest BCUT2D eigenvalue weighted by Crippen LogP contribution is 2.42. The Morgan fingerprint density at radius 2 is 2.05 bits per heavy atom. The number of sulfonamides is 1. The predicted octanol–water partition coefficient (Wildman–Crippen LogP) is 0.330. The molecule has 0 radical (unpaired) electrons. The normalized spacial score (nSPS) is 29.1. The summed E-state index contributed by atoms with van der Waals surface area (Å²) >= 11 is 0. The van der Waals surface area contributed by atoms with Crippen LogP contribution in [0.15, 0.2) is 23.1 Å². The molecule has 0 amide bonds. The van der Waals surface area contributed by atoms with Gasteiger partial charge in [0.15, 0.2) is 11.6 Å². The van der Waals surface area contributed by atoms with Crippen LogP contribution in [0.4, 0.5) is 4.39 Å². The Labute approximate surface area is 111 Å². The first-order chi connectivity index (χ1) is 9.03. The van der Waals surface area contributed by atoms with Crippen LogP contribution in [0.1, 0.15) is 0 Å². The van der Waals surface area contributed by atoms with Gasteiger partial charge in [0.25, 0.3) is 0 Å². The zero-order chi connectivity index (χ0) is 13.6. The minimum Gasteiger partial charge on any atom is -0.494 e. The third-order valence-corrected chi connectivity index (χ3v) is 5.27. The maximum absolute atomic E-state index is 13.5. The first kappa shape index (κ1) is 12.8. The highest BCUT2D eigenvalue weighted by molar-refractivity contribution is 7.89. The fourth-order valence-electron chi connectivity index (χ4n) is 2.65. The molecule has 19 heavy (non-hydrogen) atoms. The molecule has 1 saturated heterocycles. The molecule has 0 bridgehead atoms. The lowest BCUT2D eigenvalue weighted by atomic mass is 10.3. The summed E-state index contributed by atoms with van der Waals surface area (Å²) in [5.41, 5.74) is 0. The molecule has 1 saturated carbocycles. The summed E-state index contributed by atoms with van der Waals surface area (Å²) in [5.74, 6) is 0.102. The lowest BCUT2D eigenvalue weighted by molar-refractivity contribution is 0.385. The molecule has 2 fully saturated rings. The number of piperidine rings is 1. The summed E-state index contributed by atoms with van der Waals surface area (Å²) in [6, 6.07) is 3.63. The maximum atomic E-state index is 13.5. The molecule has 2 atom stereocenters. The van der Waals surface area contributed by atoms with Crippen LogP contribution in [0.25, 0.3) is 0 Å². The van der Waals surface area contributed by atoms with E-state index >= 15 is 0 Å². The number of nitrogens with one attached hydrogen (secondary N) is 2. The van der Waals surface area contributed by atoms with E-state index in [0.717, 1.165) is 19.2 Å². The van der Waals surface area contributed by atoms with Crippen molar-refractivity contribution in [2.24, 2.45) is 11.8 Å². The number of hydrogen-bond donors (Lipinski definition) is 2. The molecular weight excluding hydrogens is 271 g/mol. The van der Waals surface area contributed by atoms with Crippen LogP contribution in [-0.2, 0) is 10.0 Å². The second kappa shape index (κ2) is 4.43. The van der Waals surface area contributed by atoms with Gasteiger partial charge in [0.2, 0.25) is 10.0 Å². The van der Waals surface area contributed by atoms with E-state index in [9.17, 15) is 12.8 Å². The van der Waals surface area contributed by atoms with Crippen molar-refractivity contribution in [1.29, 1.82) is 0 Å². The zero-order valence-corrected chi connectivity index (χ0v) is 11.2. The van der Waals surface area contributed by atoms with Crippen LogP contribution in [0.2, 0.25) is 0 Å². The number of methoxy groups -OCH3 is 1. The molecule has 1 aromatic rings. The smallest absolute Gasteiger partial charge is 0.240 e. The van der Waals surface area contributed by atoms with Gasteiger partial charge in [-0.2, -0.15) is 0 Å². The molecule has 104 valence electrons. The third-order valence-electron chi connectivity index (χ3n) is 3.82. The molecule has 2 aliphatic rings. The molecule has 1 aliphatic carbocycles. The molecule has 2 N–H and O–H groups in total. The Morgan fingerprint density at radius 1 is 1.37 bits per heavy atom. The fraction of sp³-hybridized carbons (Fsp3) is 0.500. The van der Waals surface area contributed by atoms with Gasteiger partial charge >= 0.3 is 0 Å². The Balaban J connectivity index is 1.78. The Bertz CT molecular complexity index is 595. The summed E-state index contributed by atoms with van der Waals surface area (Å²) in [5, 5.41) is 3.19. The van der Waals surface area contributed by atoms with E-state index in [2.05, 4.69) is 10.0 Å². The van der Waals surface area contributed by atoms with Gasteiger partial charge in [-0.25, -0.2) is 17.5 Å². The highest BCUT2D eigenvalue weighted by atomic mass is 32.2. The van der Waals surface area contributed by atoms with Gasteiger partial charge in [0.05, 0.1) is 12.0 Å². The molecule has 3 rings (SSSR count). The summed E-state index contributed by atoms with van der Waals surface area (Å²) in [4.78, 5) is -0.0660. The Kier molecular flexibility index (Phi) is 2.99. The SMILES string of the molecule is COc1ccc(S(=O)(=O)NC2C3CNCC32)cc1F. The second-order valence-electron chi connectivity index (χ2n) is 4.93. The average Bonchev–Trinajstić information content (AvgIpc) is 2.82. The molecule has 2 unspecified atom stereocenters. The number of hydrogen-bond acceptors (Lipinski definition) is 4. The molecule has 1 heterocycles. The van der Waals surface area contributed by atoms with Crippen molar-refractivity contribution in [3.63, 3.8) is 0 Å². The van der Waals surface area contributed by atoms with E-state index in [4.69, 9.17) is 4.74 Å². The molecule has 5 nitrogen and oxygen atoms in total. The van der Waals surface area contributed by atoms with Crippen LogP contribution < -0.4 is 14.8 Å². The molecule has 0 spiro atoms. The number of rotatable bonds is 4. The van der Waals surface area contributed by atoms with Crippen molar-refractivity contribution in [2.75, 3.05) is 20.2 Å². The van der Waals surface area contributed by atoms with Crippen LogP contribution in [0.5, 0.6) is 5.75 Å². The van der Waals surface area contributed by atoms with E-state index in [1.165, 1.54) is 19.2 Å². The molecule has 0 aromatic heterocycles. The molecule has 1 aromatic carbocycles. The van der Waals surface area contributed by atoms with E-state index in [1.54, 1.807) is 0 Å². The van der Waals surface area contributed by atoms with E-state index < -0.39 is 15.8 Å². The molecular formula is C12H15FN2O3S. The quantitative estimate of drug-likeness (QED) is 0.837. The molecule has 7 heteroatoms. The Morgan fingerprint density at radius 3 is 2.63 bits per heavy atom. The fourth-order valence-corrected chi connectivity index (χ4v) is 4.00. The van der Waals surface area contributed by atoms with Gasteiger partial charge in [-0.05, 0) is 43.1 Å². The van der Waals surface area contributed by atoms with Crippen molar-refractivity contribution in [3.05, 3.63) is 24.0 Å². The van der Waals surface area contributed by atoms with Gasteiger partial charge in [0.1, 0.15) is 0 Å². The van der Waals surface area contributed by atoms with Gasteiger partial charge in [-0.1, -0.05) is 0 Å². The first-order valence-corrected chi connectivity index (χ1v) is 7.58. The van der Waals surface area contributed by atoms with Crippen LogP contribution in [-0.4, -0.2) is 34.7 Å². The number of ether oxygens (including phenoxy) is 1. The average molecular weight is 286 g/mol. The van der Waals surface area contributed by atoms with Crippen molar-refractivity contribution < 1.29 is 17.5 Å². The maximum Gasteiger partial charge on any atom is 0.240 e. The summed E-state index contributed by atoms with van der Waals surface area (Å²) in [6.07, 6.45) is 0. The largest absolute Gasteiger partial charge is 0.494 e. The zero-order valence-electron chi connectivity index (χ0n) is 10.4. The minimum atomic E-state index is -3.66. The summed E-state index contributed by atoms with van der Waals surface area (Å²) in [7, 11) is -2.32. The van der Waals surface area contributed by atoms with Crippen molar-refractivity contribution in [2.45, 2.75) is 10.9 Å². The predicted molar refractivity (Wildman–Crippen MR) is 66.9 cm³/mol. The van der Waals surface area contributed by atoms with E-state index in [0.29, 0.717) is 11.8 Å². The minimum absolute atomic E-state index is 0.0172. The number of halogens is 1. The summed E-state index contributed by atoms with van der Waals surface area (Å²) in [6.45, 7) is 1.68. The van der Waals surface area contributed by atoms with E-state index in [-0.39, 0.29) is 16.7 Å². The van der Waals surface area contributed by atoms with Gasteiger partial charge in [0, 0.05) is 6.04 Å². The van der Waals surface area contributed by atoms with Crippen LogP contribution in [0, 0.1) is 17.7 Å². The van der Waals surface area contributed by atoms with Gasteiger partial charge in [-0.15, -0.1) is 0 Å². The number of benzene rings is 1. The standard InChI is InChI=1S/C12H15FN2O3S/c1-18-11-3-2-7(4-10(11)13)19(16,17)15-12-8-5-14-6-9(8)12/h2-4,8-9,12,14-15H,5-6H2,1H3. The van der Waals surface area contributed by atoms with Gasteiger partial charge in [-0.3, -0.25) is 0 Å². The van der Waals surface area contributed by atoms with Gasteiger partial charge < -0.3 is 10.1 Å². The third kappa shape index (κ3) is 2.22. The monoisotopic (exact) mass is 286 g/mol.